The molecule has 1 aromatic carbocycles. The topological polar surface area (TPSA) is 45.5 Å². The molecule has 2 aromatic rings. The third-order valence-electron chi connectivity index (χ3n) is 3.32. The smallest absolute Gasteiger partial charge is 0.194 e. The molecule has 0 spiro atoms. The fourth-order valence-electron chi connectivity index (χ4n) is 2.17. The Morgan fingerprint density at radius 1 is 1.41 bits per heavy atom. The van der Waals surface area contributed by atoms with Gasteiger partial charge in [0.15, 0.2) is 5.96 Å². The van der Waals surface area contributed by atoms with Gasteiger partial charge in [-0.2, -0.15) is 5.10 Å². The molecule has 118 valence electrons. The van der Waals surface area contributed by atoms with E-state index in [0.29, 0.717) is 6.54 Å². The van der Waals surface area contributed by atoms with Crippen molar-refractivity contribution in [3.8, 4) is 0 Å². The van der Waals surface area contributed by atoms with Crippen LogP contribution < -0.4 is 5.32 Å². The van der Waals surface area contributed by atoms with Crippen molar-refractivity contribution in [1.82, 2.24) is 20.0 Å². The maximum absolute atomic E-state index is 6.04. The molecule has 0 aliphatic rings. The van der Waals surface area contributed by atoms with Gasteiger partial charge in [0.1, 0.15) is 0 Å². The average molecular weight is 320 g/mol. The van der Waals surface area contributed by atoms with Crippen molar-refractivity contribution < 1.29 is 0 Å². The van der Waals surface area contributed by atoms with E-state index in [9.17, 15) is 0 Å². The predicted octanol–water partition coefficient (Wildman–Crippen LogP) is 2.67. The first-order valence-electron chi connectivity index (χ1n) is 7.31. The summed E-state index contributed by atoms with van der Waals surface area (Å²) in [4.78, 5) is 6.76. The van der Waals surface area contributed by atoms with Gasteiger partial charge in [-0.1, -0.05) is 23.7 Å². The molecule has 0 atom stereocenters. The fraction of sp³-hybridized carbons (Fsp3) is 0.375. The third kappa shape index (κ3) is 4.49. The highest BCUT2D eigenvalue weighted by Crippen LogP contribution is 2.12. The summed E-state index contributed by atoms with van der Waals surface area (Å²) >= 11 is 6.04. The molecule has 22 heavy (non-hydrogen) atoms. The first kappa shape index (κ1) is 16.4. The largest absolute Gasteiger partial charge is 0.357 e. The minimum Gasteiger partial charge on any atom is -0.357 e. The number of guanidine groups is 1. The van der Waals surface area contributed by atoms with Gasteiger partial charge in [-0.25, -0.2) is 4.99 Å². The molecule has 1 N–H and O–H groups in total. The maximum Gasteiger partial charge on any atom is 0.194 e. The van der Waals surface area contributed by atoms with E-state index in [1.54, 1.807) is 6.20 Å². The number of nitrogens with one attached hydrogen (secondary N) is 1. The van der Waals surface area contributed by atoms with Gasteiger partial charge >= 0.3 is 0 Å². The zero-order valence-electron chi connectivity index (χ0n) is 13.3. The van der Waals surface area contributed by atoms with Crippen LogP contribution in [0, 0.1) is 0 Å². The van der Waals surface area contributed by atoms with E-state index in [1.807, 2.05) is 43.0 Å². The van der Waals surface area contributed by atoms with Crippen LogP contribution in [0.5, 0.6) is 0 Å². The van der Waals surface area contributed by atoms with Crippen LogP contribution in [0.3, 0.4) is 0 Å². The number of hydrogen-bond donors (Lipinski definition) is 1. The fourth-order valence-corrected chi connectivity index (χ4v) is 2.38. The lowest BCUT2D eigenvalue weighted by Gasteiger charge is -2.22. The molecule has 0 aliphatic heterocycles. The van der Waals surface area contributed by atoms with Gasteiger partial charge in [-0.3, -0.25) is 4.68 Å². The molecule has 0 unspecified atom stereocenters. The minimum absolute atomic E-state index is 0.596. The minimum atomic E-state index is 0.596. The summed E-state index contributed by atoms with van der Waals surface area (Å²) in [5, 5.41) is 8.23. The molecule has 0 fully saturated rings. The van der Waals surface area contributed by atoms with E-state index in [1.165, 1.54) is 0 Å². The van der Waals surface area contributed by atoms with Crippen molar-refractivity contribution in [2.75, 3.05) is 13.6 Å². The Bertz CT molecular complexity index is 635. The summed E-state index contributed by atoms with van der Waals surface area (Å²) in [6, 6.07) is 9.86. The quantitative estimate of drug-likeness (QED) is 0.681. The Hall–Kier alpha value is -2.01. The molecule has 0 aliphatic carbocycles. The Balaban J connectivity index is 2.07. The Morgan fingerprint density at radius 2 is 2.23 bits per heavy atom. The van der Waals surface area contributed by atoms with E-state index in [4.69, 9.17) is 11.6 Å². The van der Waals surface area contributed by atoms with E-state index in [-0.39, 0.29) is 0 Å². The van der Waals surface area contributed by atoms with Gasteiger partial charge in [0, 0.05) is 38.4 Å². The molecule has 6 heteroatoms. The first-order chi connectivity index (χ1) is 10.6. The molecular weight excluding hydrogens is 298 g/mol. The summed E-state index contributed by atoms with van der Waals surface area (Å²) in [6.07, 6.45) is 1.79. The van der Waals surface area contributed by atoms with E-state index < -0.39 is 0 Å². The Kier molecular flexibility index (Phi) is 5.83. The van der Waals surface area contributed by atoms with Crippen LogP contribution in [0.25, 0.3) is 0 Å². The second-order valence-electron chi connectivity index (χ2n) is 5.10. The number of nitrogens with zero attached hydrogens (tertiary/aromatic N) is 4. The summed E-state index contributed by atoms with van der Waals surface area (Å²) in [5.74, 6) is 0.865. The SMILES string of the molecule is CCNC(=NCc1ccnn1C)N(C)Cc1cccc(Cl)c1. The van der Waals surface area contributed by atoms with Gasteiger partial charge in [-0.15, -0.1) is 0 Å². The van der Waals surface area contributed by atoms with Crippen molar-refractivity contribution in [2.24, 2.45) is 12.0 Å². The van der Waals surface area contributed by atoms with Crippen molar-refractivity contribution in [2.45, 2.75) is 20.0 Å². The highest BCUT2D eigenvalue weighted by Gasteiger charge is 2.07. The molecule has 1 aromatic heterocycles. The number of benzene rings is 1. The lowest BCUT2D eigenvalue weighted by Crippen LogP contribution is -2.38. The van der Waals surface area contributed by atoms with Crippen molar-refractivity contribution in [1.29, 1.82) is 0 Å². The van der Waals surface area contributed by atoms with Gasteiger partial charge in [-0.05, 0) is 30.7 Å². The summed E-state index contributed by atoms with van der Waals surface area (Å²) < 4.78 is 1.84. The molecular formula is C16H22ClN5. The molecule has 1 heterocycles. The maximum atomic E-state index is 6.04. The normalized spacial score (nSPS) is 11.5. The molecule has 0 amide bonds. The van der Waals surface area contributed by atoms with E-state index in [0.717, 1.165) is 35.3 Å². The number of halogens is 1. The number of aliphatic imine (C=N–C) groups is 1. The number of rotatable bonds is 5. The zero-order valence-corrected chi connectivity index (χ0v) is 14.0. The summed E-state index contributed by atoms with van der Waals surface area (Å²) in [5.41, 5.74) is 2.23. The van der Waals surface area contributed by atoms with Gasteiger partial charge in [0.2, 0.25) is 0 Å². The van der Waals surface area contributed by atoms with Crippen LogP contribution in [-0.2, 0) is 20.1 Å². The average Bonchev–Trinajstić information content (AvgIpc) is 2.88. The van der Waals surface area contributed by atoms with Crippen LogP contribution in [0.4, 0.5) is 0 Å². The second kappa shape index (κ2) is 7.84. The summed E-state index contributed by atoms with van der Waals surface area (Å²) in [7, 11) is 3.94. The van der Waals surface area contributed by atoms with Gasteiger partial charge in [0.05, 0.1) is 12.2 Å². The molecule has 5 nitrogen and oxygen atoms in total. The lowest BCUT2D eigenvalue weighted by molar-refractivity contribution is 0.476. The highest BCUT2D eigenvalue weighted by atomic mass is 35.5. The van der Waals surface area contributed by atoms with Crippen LogP contribution in [0.2, 0.25) is 5.02 Å². The van der Waals surface area contributed by atoms with Crippen molar-refractivity contribution in [3.63, 3.8) is 0 Å². The number of hydrogen-bond acceptors (Lipinski definition) is 2. The molecule has 0 radical (unpaired) electrons. The molecule has 2 rings (SSSR count). The molecule has 0 bridgehead atoms. The zero-order chi connectivity index (χ0) is 15.9. The van der Waals surface area contributed by atoms with Crippen LogP contribution in [0.1, 0.15) is 18.2 Å². The highest BCUT2D eigenvalue weighted by molar-refractivity contribution is 6.30. The monoisotopic (exact) mass is 319 g/mol. The van der Waals surface area contributed by atoms with Gasteiger partial charge < -0.3 is 10.2 Å². The van der Waals surface area contributed by atoms with E-state index in [2.05, 4.69) is 33.3 Å². The lowest BCUT2D eigenvalue weighted by atomic mass is 10.2. The van der Waals surface area contributed by atoms with Crippen molar-refractivity contribution >= 4 is 17.6 Å². The predicted molar refractivity (Wildman–Crippen MR) is 90.9 cm³/mol. The molecule has 0 saturated carbocycles. The Labute approximate surface area is 136 Å². The van der Waals surface area contributed by atoms with Gasteiger partial charge in [0.25, 0.3) is 0 Å². The Morgan fingerprint density at radius 3 is 2.86 bits per heavy atom. The number of aryl methyl sites for hydroxylation is 1. The first-order valence-corrected chi connectivity index (χ1v) is 7.68. The summed E-state index contributed by atoms with van der Waals surface area (Å²) in [6.45, 7) is 4.23. The van der Waals surface area contributed by atoms with Crippen molar-refractivity contribution in [3.05, 3.63) is 52.8 Å². The standard InChI is InChI=1S/C16H22ClN5/c1-4-18-16(19-11-15-8-9-20-22(15)3)21(2)12-13-6-5-7-14(17)10-13/h5-10H,4,11-12H2,1-3H3,(H,18,19). The third-order valence-corrected chi connectivity index (χ3v) is 3.55. The van der Waals surface area contributed by atoms with Crippen LogP contribution in [-0.4, -0.2) is 34.2 Å². The van der Waals surface area contributed by atoms with Crippen LogP contribution >= 0.6 is 11.6 Å². The second-order valence-corrected chi connectivity index (χ2v) is 5.54. The van der Waals surface area contributed by atoms with E-state index >= 15 is 0 Å². The molecule has 0 saturated heterocycles. The number of aromatic nitrogens is 2. The van der Waals surface area contributed by atoms with Crippen LogP contribution in [0.15, 0.2) is 41.5 Å².